The molecule has 1 aromatic rings. The SMILES string of the molecule is COCCN(C)C[C@H](O)CN[C@@H](c1ccc(OC)cc1)C(C)C. The van der Waals surface area contributed by atoms with Gasteiger partial charge in [-0.15, -0.1) is 0 Å². The summed E-state index contributed by atoms with van der Waals surface area (Å²) in [7, 11) is 5.35. The molecule has 0 saturated carbocycles. The first-order valence-electron chi connectivity index (χ1n) is 8.20. The van der Waals surface area contributed by atoms with Gasteiger partial charge in [0.15, 0.2) is 0 Å². The zero-order valence-corrected chi connectivity index (χ0v) is 15.1. The highest BCUT2D eigenvalue weighted by Crippen LogP contribution is 2.23. The maximum Gasteiger partial charge on any atom is 0.118 e. The van der Waals surface area contributed by atoms with Crippen LogP contribution in [-0.4, -0.2) is 63.6 Å². The molecule has 0 spiro atoms. The Bertz CT molecular complexity index is 423. The van der Waals surface area contributed by atoms with Gasteiger partial charge in [-0.3, -0.25) is 0 Å². The van der Waals surface area contributed by atoms with E-state index in [1.807, 2.05) is 19.2 Å². The summed E-state index contributed by atoms with van der Waals surface area (Å²) >= 11 is 0. The van der Waals surface area contributed by atoms with Crippen molar-refractivity contribution in [1.29, 1.82) is 0 Å². The molecule has 5 heteroatoms. The molecule has 5 nitrogen and oxygen atoms in total. The van der Waals surface area contributed by atoms with Gasteiger partial charge in [-0.25, -0.2) is 0 Å². The maximum absolute atomic E-state index is 10.2. The van der Waals surface area contributed by atoms with E-state index in [4.69, 9.17) is 9.47 Å². The third-order valence-electron chi connectivity index (χ3n) is 3.91. The Morgan fingerprint density at radius 3 is 2.35 bits per heavy atom. The normalized spacial score (nSPS) is 14.3. The van der Waals surface area contributed by atoms with Gasteiger partial charge in [0.2, 0.25) is 0 Å². The Hall–Kier alpha value is -1.14. The van der Waals surface area contributed by atoms with Crippen molar-refractivity contribution in [3.05, 3.63) is 29.8 Å². The third-order valence-corrected chi connectivity index (χ3v) is 3.91. The molecule has 0 fully saturated rings. The fourth-order valence-corrected chi connectivity index (χ4v) is 2.58. The molecule has 0 aliphatic carbocycles. The predicted molar refractivity (Wildman–Crippen MR) is 94.0 cm³/mol. The van der Waals surface area contributed by atoms with E-state index in [0.29, 0.717) is 25.6 Å². The van der Waals surface area contributed by atoms with E-state index in [9.17, 15) is 5.11 Å². The molecular formula is C18H32N2O3. The standard InChI is InChI=1S/C18H32N2O3/c1-14(2)18(15-6-8-17(23-5)9-7-15)19-12-16(21)13-20(3)10-11-22-4/h6-9,14,16,18-19,21H,10-13H2,1-5H3/t16-,18-/m1/s1. The highest BCUT2D eigenvalue weighted by Gasteiger charge is 2.17. The summed E-state index contributed by atoms with van der Waals surface area (Å²) in [6, 6.07) is 8.31. The average Bonchev–Trinajstić information content (AvgIpc) is 2.53. The molecular weight excluding hydrogens is 292 g/mol. The van der Waals surface area contributed by atoms with E-state index in [1.165, 1.54) is 5.56 Å². The number of aliphatic hydroxyl groups is 1. The highest BCUT2D eigenvalue weighted by atomic mass is 16.5. The first-order valence-corrected chi connectivity index (χ1v) is 8.20. The van der Waals surface area contributed by atoms with Crippen molar-refractivity contribution in [3.63, 3.8) is 0 Å². The summed E-state index contributed by atoms with van der Waals surface area (Å²) in [5.41, 5.74) is 1.21. The highest BCUT2D eigenvalue weighted by molar-refractivity contribution is 5.29. The van der Waals surface area contributed by atoms with Crippen LogP contribution in [0.3, 0.4) is 0 Å². The zero-order chi connectivity index (χ0) is 17.2. The molecule has 1 aromatic carbocycles. The number of nitrogens with one attached hydrogen (secondary N) is 1. The van der Waals surface area contributed by atoms with Gasteiger partial charge in [0.05, 0.1) is 19.8 Å². The fourth-order valence-electron chi connectivity index (χ4n) is 2.58. The summed E-state index contributed by atoms with van der Waals surface area (Å²) < 4.78 is 10.3. The Balaban J connectivity index is 2.52. The van der Waals surface area contributed by atoms with Crippen LogP contribution in [-0.2, 0) is 4.74 Å². The summed E-state index contributed by atoms with van der Waals surface area (Å²) in [5.74, 6) is 1.29. The molecule has 0 aliphatic rings. The van der Waals surface area contributed by atoms with E-state index in [2.05, 4.69) is 36.2 Å². The molecule has 132 valence electrons. The molecule has 0 radical (unpaired) electrons. The van der Waals surface area contributed by atoms with Gasteiger partial charge < -0.3 is 24.8 Å². The van der Waals surface area contributed by atoms with E-state index in [1.54, 1.807) is 14.2 Å². The molecule has 2 N–H and O–H groups in total. The molecule has 2 atom stereocenters. The minimum atomic E-state index is -0.406. The van der Waals surface area contributed by atoms with Crippen molar-refractivity contribution in [2.45, 2.75) is 26.0 Å². The molecule has 0 saturated heterocycles. The largest absolute Gasteiger partial charge is 0.497 e. The Kier molecular flexibility index (Phi) is 9.17. The second kappa shape index (κ2) is 10.6. The van der Waals surface area contributed by atoms with E-state index < -0.39 is 6.10 Å². The van der Waals surface area contributed by atoms with Gasteiger partial charge in [-0.2, -0.15) is 0 Å². The number of methoxy groups -OCH3 is 2. The lowest BCUT2D eigenvalue weighted by atomic mass is 9.96. The lowest BCUT2D eigenvalue weighted by Crippen LogP contribution is -2.39. The molecule has 0 unspecified atom stereocenters. The molecule has 0 aromatic heterocycles. The van der Waals surface area contributed by atoms with Gasteiger partial charge in [-0.1, -0.05) is 26.0 Å². The van der Waals surface area contributed by atoms with Gasteiger partial charge >= 0.3 is 0 Å². The second-order valence-electron chi connectivity index (χ2n) is 6.31. The van der Waals surface area contributed by atoms with Gasteiger partial charge in [0, 0.05) is 32.8 Å². The summed E-state index contributed by atoms with van der Waals surface area (Å²) in [6.07, 6.45) is -0.406. The lowest BCUT2D eigenvalue weighted by Gasteiger charge is -2.26. The van der Waals surface area contributed by atoms with Crippen molar-refractivity contribution in [3.8, 4) is 5.75 Å². The lowest BCUT2D eigenvalue weighted by molar-refractivity contribution is 0.0989. The van der Waals surface area contributed by atoms with Crippen molar-refractivity contribution in [2.75, 3.05) is 47.5 Å². The van der Waals surface area contributed by atoms with Crippen LogP contribution in [0.5, 0.6) is 5.75 Å². The molecule has 0 heterocycles. The van der Waals surface area contributed by atoms with Gasteiger partial charge in [-0.05, 0) is 30.7 Å². The average molecular weight is 324 g/mol. The molecule has 0 bridgehead atoms. The van der Waals surface area contributed by atoms with Crippen LogP contribution in [0.15, 0.2) is 24.3 Å². The van der Waals surface area contributed by atoms with Crippen LogP contribution in [0, 0.1) is 5.92 Å². The Morgan fingerprint density at radius 1 is 1.17 bits per heavy atom. The summed E-state index contributed by atoms with van der Waals surface area (Å²) in [5, 5.41) is 13.7. The van der Waals surface area contributed by atoms with Crippen LogP contribution in [0.1, 0.15) is 25.5 Å². The molecule has 0 aliphatic heterocycles. The van der Waals surface area contributed by atoms with Crippen LogP contribution in [0.25, 0.3) is 0 Å². The number of hydrogen-bond donors (Lipinski definition) is 2. The monoisotopic (exact) mass is 324 g/mol. The van der Waals surface area contributed by atoms with E-state index >= 15 is 0 Å². The van der Waals surface area contributed by atoms with Crippen LogP contribution in [0.4, 0.5) is 0 Å². The zero-order valence-electron chi connectivity index (χ0n) is 15.1. The number of likely N-dealkylation sites (N-methyl/N-ethyl adjacent to an activating group) is 1. The quantitative estimate of drug-likeness (QED) is 0.651. The van der Waals surface area contributed by atoms with Gasteiger partial charge in [0.25, 0.3) is 0 Å². The molecule has 1 rings (SSSR count). The number of hydrogen-bond acceptors (Lipinski definition) is 5. The fraction of sp³-hybridized carbons (Fsp3) is 0.667. The summed E-state index contributed by atoms with van der Waals surface area (Å²) in [6.45, 7) is 7.05. The Labute approximate surface area is 140 Å². The minimum absolute atomic E-state index is 0.208. The third kappa shape index (κ3) is 7.31. The van der Waals surface area contributed by atoms with Gasteiger partial charge in [0.1, 0.15) is 5.75 Å². The first kappa shape index (κ1) is 19.9. The second-order valence-corrected chi connectivity index (χ2v) is 6.31. The molecule has 23 heavy (non-hydrogen) atoms. The van der Waals surface area contributed by atoms with Crippen LogP contribution >= 0.6 is 0 Å². The van der Waals surface area contributed by atoms with Crippen molar-refractivity contribution < 1.29 is 14.6 Å². The predicted octanol–water partition coefficient (Wildman–Crippen LogP) is 1.92. The van der Waals surface area contributed by atoms with Crippen molar-refractivity contribution in [1.82, 2.24) is 10.2 Å². The first-order chi connectivity index (χ1) is 11.0. The Morgan fingerprint density at radius 2 is 1.83 bits per heavy atom. The number of benzene rings is 1. The van der Waals surface area contributed by atoms with E-state index in [-0.39, 0.29) is 6.04 Å². The summed E-state index contributed by atoms with van der Waals surface area (Å²) in [4.78, 5) is 2.08. The van der Waals surface area contributed by atoms with Crippen molar-refractivity contribution >= 4 is 0 Å². The van der Waals surface area contributed by atoms with Crippen molar-refractivity contribution in [2.24, 2.45) is 5.92 Å². The number of aliphatic hydroxyl groups excluding tert-OH is 1. The number of nitrogens with zero attached hydrogens (tertiary/aromatic N) is 1. The smallest absolute Gasteiger partial charge is 0.118 e. The minimum Gasteiger partial charge on any atom is -0.497 e. The van der Waals surface area contributed by atoms with Crippen LogP contribution < -0.4 is 10.1 Å². The number of rotatable bonds is 11. The number of ether oxygens (including phenoxy) is 2. The van der Waals surface area contributed by atoms with Crippen LogP contribution in [0.2, 0.25) is 0 Å². The van der Waals surface area contributed by atoms with E-state index in [0.717, 1.165) is 12.3 Å². The molecule has 0 amide bonds. The topological polar surface area (TPSA) is 54.0 Å². The maximum atomic E-state index is 10.2.